The first kappa shape index (κ1) is 17.5. The van der Waals surface area contributed by atoms with Crippen LogP contribution in [-0.4, -0.2) is 33.5 Å². The predicted molar refractivity (Wildman–Crippen MR) is 106 cm³/mol. The summed E-state index contributed by atoms with van der Waals surface area (Å²) in [5.41, 5.74) is 4.89. The van der Waals surface area contributed by atoms with Crippen molar-refractivity contribution in [3.05, 3.63) is 77.2 Å². The smallest absolute Gasteiger partial charge is 0.178 e. The molecule has 0 unspecified atom stereocenters. The standard InChI is InChI=1S/C21H19ClN4O/c1-14(15-6-7-20(27-2)17(22)11-15)26-10-8-18-16(13-26)12-24-21(25-18)19-5-3-4-9-23-19/h3-7,9,11-12H,1,8,10,13H2,2H3. The lowest BCUT2D eigenvalue weighted by Gasteiger charge is -2.31. The van der Waals surface area contributed by atoms with E-state index in [4.69, 9.17) is 21.3 Å². The molecule has 1 aliphatic rings. The number of hydrogen-bond acceptors (Lipinski definition) is 5. The van der Waals surface area contributed by atoms with Gasteiger partial charge in [-0.3, -0.25) is 4.98 Å². The lowest BCUT2D eigenvalue weighted by Crippen LogP contribution is -2.29. The molecular formula is C21H19ClN4O. The van der Waals surface area contributed by atoms with Crippen LogP contribution in [0.2, 0.25) is 5.02 Å². The highest BCUT2D eigenvalue weighted by Crippen LogP contribution is 2.31. The van der Waals surface area contributed by atoms with Gasteiger partial charge in [-0.15, -0.1) is 0 Å². The molecule has 27 heavy (non-hydrogen) atoms. The van der Waals surface area contributed by atoms with Crippen LogP contribution in [0.3, 0.4) is 0 Å². The van der Waals surface area contributed by atoms with Gasteiger partial charge in [0.15, 0.2) is 5.82 Å². The van der Waals surface area contributed by atoms with Gasteiger partial charge in [0.2, 0.25) is 0 Å². The minimum atomic E-state index is 0.580. The molecule has 0 spiro atoms. The van der Waals surface area contributed by atoms with E-state index in [2.05, 4.69) is 21.4 Å². The molecule has 3 heterocycles. The maximum Gasteiger partial charge on any atom is 0.178 e. The lowest BCUT2D eigenvalue weighted by atomic mass is 10.0. The third-order valence-corrected chi connectivity index (χ3v) is 4.99. The monoisotopic (exact) mass is 378 g/mol. The van der Waals surface area contributed by atoms with E-state index in [0.29, 0.717) is 16.6 Å². The molecule has 0 fully saturated rings. The minimum absolute atomic E-state index is 0.580. The van der Waals surface area contributed by atoms with Crippen LogP contribution in [0.15, 0.2) is 55.4 Å². The summed E-state index contributed by atoms with van der Waals surface area (Å²) in [6.07, 6.45) is 4.48. The van der Waals surface area contributed by atoms with Crippen LogP contribution >= 0.6 is 11.6 Å². The Morgan fingerprint density at radius 1 is 1.22 bits per heavy atom. The van der Waals surface area contributed by atoms with Crippen LogP contribution in [0.1, 0.15) is 16.8 Å². The summed E-state index contributed by atoms with van der Waals surface area (Å²) in [6.45, 7) is 5.82. The van der Waals surface area contributed by atoms with Crippen LogP contribution in [0.5, 0.6) is 5.75 Å². The fourth-order valence-electron chi connectivity index (χ4n) is 3.19. The van der Waals surface area contributed by atoms with Crippen molar-refractivity contribution in [2.24, 2.45) is 0 Å². The van der Waals surface area contributed by atoms with Crippen molar-refractivity contribution in [3.8, 4) is 17.3 Å². The molecule has 4 rings (SSSR count). The third-order valence-electron chi connectivity index (χ3n) is 4.69. The molecule has 6 heteroatoms. The van der Waals surface area contributed by atoms with Crippen LogP contribution in [0, 0.1) is 0 Å². The summed E-state index contributed by atoms with van der Waals surface area (Å²) in [4.78, 5) is 15.8. The maximum atomic E-state index is 6.26. The highest BCUT2D eigenvalue weighted by atomic mass is 35.5. The molecular weight excluding hydrogens is 360 g/mol. The van der Waals surface area contributed by atoms with Gasteiger partial charge < -0.3 is 9.64 Å². The molecule has 0 aliphatic carbocycles. The fraction of sp³-hybridized carbons (Fsp3) is 0.190. The zero-order chi connectivity index (χ0) is 18.8. The van der Waals surface area contributed by atoms with E-state index < -0.39 is 0 Å². The van der Waals surface area contributed by atoms with E-state index in [9.17, 15) is 0 Å². The molecule has 136 valence electrons. The van der Waals surface area contributed by atoms with E-state index >= 15 is 0 Å². The van der Waals surface area contributed by atoms with E-state index in [0.717, 1.165) is 47.7 Å². The van der Waals surface area contributed by atoms with E-state index in [1.54, 1.807) is 13.3 Å². The van der Waals surface area contributed by atoms with Gasteiger partial charge in [-0.1, -0.05) is 24.2 Å². The largest absolute Gasteiger partial charge is 0.495 e. The van der Waals surface area contributed by atoms with Gasteiger partial charge >= 0.3 is 0 Å². The van der Waals surface area contributed by atoms with E-state index in [1.807, 2.05) is 42.6 Å². The zero-order valence-electron chi connectivity index (χ0n) is 15.0. The SMILES string of the molecule is C=C(c1ccc(OC)c(Cl)c1)N1CCc2nc(-c3ccccn3)ncc2C1. The van der Waals surface area contributed by atoms with Crippen molar-refractivity contribution in [1.82, 2.24) is 19.9 Å². The van der Waals surface area contributed by atoms with Crippen molar-refractivity contribution >= 4 is 17.3 Å². The van der Waals surface area contributed by atoms with Gasteiger partial charge in [0.05, 0.1) is 17.8 Å². The lowest BCUT2D eigenvalue weighted by molar-refractivity contribution is 0.369. The average molecular weight is 379 g/mol. The number of hydrogen-bond donors (Lipinski definition) is 0. The Balaban J connectivity index is 1.55. The number of nitrogens with zero attached hydrogens (tertiary/aromatic N) is 4. The first-order valence-electron chi connectivity index (χ1n) is 8.69. The topological polar surface area (TPSA) is 51.1 Å². The van der Waals surface area contributed by atoms with Crippen LogP contribution in [-0.2, 0) is 13.0 Å². The highest BCUT2D eigenvalue weighted by Gasteiger charge is 2.21. The summed E-state index contributed by atoms with van der Waals surface area (Å²) in [5.74, 6) is 1.33. The Bertz CT molecular complexity index is 991. The molecule has 1 aliphatic heterocycles. The van der Waals surface area contributed by atoms with Gasteiger partial charge in [-0.05, 0) is 35.9 Å². The van der Waals surface area contributed by atoms with Gasteiger partial charge in [0.1, 0.15) is 11.4 Å². The Labute approximate surface area is 163 Å². The number of benzene rings is 1. The first-order chi connectivity index (χ1) is 13.2. The van der Waals surface area contributed by atoms with Gasteiger partial charge in [0.25, 0.3) is 0 Å². The minimum Gasteiger partial charge on any atom is -0.495 e. The first-order valence-corrected chi connectivity index (χ1v) is 9.07. The second kappa shape index (κ2) is 7.37. The quantitative estimate of drug-likeness (QED) is 0.680. The number of halogens is 1. The molecule has 0 atom stereocenters. The molecule has 0 saturated carbocycles. The molecule has 2 aromatic heterocycles. The average Bonchev–Trinajstić information content (AvgIpc) is 2.73. The molecule has 0 saturated heterocycles. The van der Waals surface area contributed by atoms with Gasteiger partial charge in [-0.2, -0.15) is 0 Å². The van der Waals surface area contributed by atoms with Crippen molar-refractivity contribution in [1.29, 1.82) is 0 Å². The number of fused-ring (bicyclic) bond motifs is 1. The highest BCUT2D eigenvalue weighted by molar-refractivity contribution is 6.32. The van der Waals surface area contributed by atoms with Crippen molar-refractivity contribution < 1.29 is 4.74 Å². The Morgan fingerprint density at radius 2 is 2.11 bits per heavy atom. The second-order valence-corrected chi connectivity index (χ2v) is 6.76. The van der Waals surface area contributed by atoms with Crippen LogP contribution < -0.4 is 4.74 Å². The molecule has 0 N–H and O–H groups in total. The molecule has 1 aromatic carbocycles. The Morgan fingerprint density at radius 3 is 2.85 bits per heavy atom. The Hall–Kier alpha value is -2.92. The number of methoxy groups -OCH3 is 1. The summed E-state index contributed by atoms with van der Waals surface area (Å²) in [5, 5.41) is 0.580. The second-order valence-electron chi connectivity index (χ2n) is 6.35. The molecule has 0 amide bonds. The number of rotatable bonds is 4. The molecule has 0 bridgehead atoms. The molecule has 3 aromatic rings. The fourth-order valence-corrected chi connectivity index (χ4v) is 3.45. The number of ether oxygens (including phenoxy) is 1. The zero-order valence-corrected chi connectivity index (χ0v) is 15.8. The van der Waals surface area contributed by atoms with Crippen molar-refractivity contribution in [2.75, 3.05) is 13.7 Å². The molecule has 0 radical (unpaired) electrons. The summed E-state index contributed by atoms with van der Waals surface area (Å²) < 4.78 is 5.22. The number of pyridine rings is 1. The third kappa shape index (κ3) is 3.51. The Kier molecular flexibility index (Phi) is 4.77. The predicted octanol–water partition coefficient (Wildman–Crippen LogP) is 4.23. The molecule has 5 nitrogen and oxygen atoms in total. The van der Waals surface area contributed by atoms with Gasteiger partial charge in [-0.25, -0.2) is 9.97 Å². The van der Waals surface area contributed by atoms with E-state index in [1.165, 1.54) is 0 Å². The number of aromatic nitrogens is 3. The van der Waals surface area contributed by atoms with Crippen LogP contribution in [0.4, 0.5) is 0 Å². The van der Waals surface area contributed by atoms with Crippen molar-refractivity contribution in [3.63, 3.8) is 0 Å². The summed E-state index contributed by atoms with van der Waals surface area (Å²) in [7, 11) is 1.61. The van der Waals surface area contributed by atoms with E-state index in [-0.39, 0.29) is 0 Å². The van der Waals surface area contributed by atoms with Crippen molar-refractivity contribution in [2.45, 2.75) is 13.0 Å². The summed E-state index contributed by atoms with van der Waals surface area (Å²) in [6, 6.07) is 11.5. The van der Waals surface area contributed by atoms with Gasteiger partial charge in [0, 0.05) is 43.2 Å². The maximum absolute atomic E-state index is 6.26. The van der Waals surface area contributed by atoms with Crippen LogP contribution in [0.25, 0.3) is 17.2 Å². The normalized spacial score (nSPS) is 13.2. The summed E-state index contributed by atoms with van der Waals surface area (Å²) >= 11 is 6.26.